The molecule has 0 aromatic heterocycles. The first kappa shape index (κ1) is 23.9. The molecule has 4 nitrogen and oxygen atoms in total. The van der Waals surface area contributed by atoms with Crippen LogP contribution < -0.4 is 38.4 Å². The van der Waals surface area contributed by atoms with E-state index in [9.17, 15) is 4.79 Å². The first-order valence-corrected chi connectivity index (χ1v) is 10.0. The first-order valence-electron chi connectivity index (χ1n) is 8.64. The molecule has 2 aromatic carbocycles. The molecule has 1 atom stereocenters. The summed E-state index contributed by atoms with van der Waals surface area (Å²) in [6, 6.07) is 9.08. The minimum Gasteiger partial charge on any atom is -1.00 e. The number of aryl methyl sites for hydroxylation is 1. The number of carbonyl (C=O) groups is 1. The van der Waals surface area contributed by atoms with E-state index in [1.165, 1.54) is 0 Å². The molecular formula is C20H25ClLiO4P. The van der Waals surface area contributed by atoms with Crippen molar-refractivity contribution in [3.63, 3.8) is 0 Å². The summed E-state index contributed by atoms with van der Waals surface area (Å²) in [5.74, 6) is 1.88. The Morgan fingerprint density at radius 3 is 2.07 bits per heavy atom. The summed E-state index contributed by atoms with van der Waals surface area (Å²) >= 11 is 6.26. The van der Waals surface area contributed by atoms with Crippen LogP contribution in [0.3, 0.4) is 0 Å². The summed E-state index contributed by atoms with van der Waals surface area (Å²) in [4.78, 5) is 13.0. The maximum absolute atomic E-state index is 13.0. The van der Waals surface area contributed by atoms with E-state index in [0.29, 0.717) is 47.7 Å². The van der Waals surface area contributed by atoms with Crippen LogP contribution in [0.25, 0.3) is 0 Å². The monoisotopic (exact) mass is 402 g/mol. The third-order valence-corrected chi connectivity index (χ3v) is 5.17. The fourth-order valence-electron chi connectivity index (χ4n) is 2.57. The molecule has 0 amide bonds. The third-order valence-electron chi connectivity index (χ3n) is 3.64. The zero-order valence-corrected chi connectivity index (χ0v) is 18.3. The summed E-state index contributed by atoms with van der Waals surface area (Å²) in [6.07, 6.45) is 0. The van der Waals surface area contributed by atoms with Crippen LogP contribution in [0.15, 0.2) is 30.3 Å². The number of hydrogen-bond acceptors (Lipinski definition) is 4. The molecular weight excluding hydrogens is 378 g/mol. The van der Waals surface area contributed by atoms with Gasteiger partial charge in [-0.05, 0) is 47.9 Å². The van der Waals surface area contributed by atoms with Gasteiger partial charge in [0.05, 0.1) is 30.1 Å². The van der Waals surface area contributed by atoms with E-state index in [-0.39, 0.29) is 34.4 Å². The van der Waals surface area contributed by atoms with Gasteiger partial charge in [-0.15, -0.1) is 0 Å². The minimum absolute atomic E-state index is 0. The molecule has 1 unspecified atom stereocenters. The van der Waals surface area contributed by atoms with Gasteiger partial charge in [0.15, 0.2) is 5.52 Å². The van der Waals surface area contributed by atoms with Gasteiger partial charge in [-0.3, -0.25) is 4.79 Å². The van der Waals surface area contributed by atoms with E-state index in [1.807, 2.05) is 52.0 Å². The van der Waals surface area contributed by atoms with Gasteiger partial charge in [-0.25, -0.2) is 0 Å². The Bertz CT molecular complexity index is 742. The Kier molecular flexibility index (Phi) is 10.3. The molecule has 0 aliphatic rings. The summed E-state index contributed by atoms with van der Waals surface area (Å²) in [6.45, 7) is 9.11. The summed E-state index contributed by atoms with van der Waals surface area (Å²) < 4.78 is 17.1. The van der Waals surface area contributed by atoms with E-state index in [1.54, 1.807) is 6.07 Å². The van der Waals surface area contributed by atoms with E-state index < -0.39 is 0 Å². The van der Waals surface area contributed by atoms with Crippen molar-refractivity contribution in [2.24, 2.45) is 0 Å². The van der Waals surface area contributed by atoms with Crippen molar-refractivity contribution in [1.82, 2.24) is 0 Å². The minimum atomic E-state index is -0.165. The van der Waals surface area contributed by atoms with Gasteiger partial charge in [0, 0.05) is 17.7 Å². The fourth-order valence-corrected chi connectivity index (χ4v) is 4.18. The van der Waals surface area contributed by atoms with Crippen LogP contribution >= 0.6 is 20.2 Å². The van der Waals surface area contributed by atoms with Gasteiger partial charge < -0.3 is 15.6 Å². The van der Waals surface area contributed by atoms with Crippen LogP contribution in [0.1, 0.15) is 38.1 Å². The Morgan fingerprint density at radius 2 is 1.59 bits per heavy atom. The first-order chi connectivity index (χ1) is 12.5. The summed E-state index contributed by atoms with van der Waals surface area (Å²) in [7, 11) is -0.165. The molecule has 142 valence electrons. The molecule has 7 heteroatoms. The fraction of sp³-hybridized carbons (Fsp3) is 0.350. The molecule has 0 fully saturated rings. The smallest absolute Gasteiger partial charge is 1.00 e. The zero-order chi connectivity index (χ0) is 19.1. The normalized spacial score (nSPS) is 10.6. The van der Waals surface area contributed by atoms with Crippen LogP contribution in [0, 0.1) is 6.92 Å². The van der Waals surface area contributed by atoms with Crippen molar-refractivity contribution in [3.05, 3.63) is 46.5 Å². The van der Waals surface area contributed by atoms with Crippen LogP contribution in [0.2, 0.25) is 5.02 Å². The van der Waals surface area contributed by atoms with Crippen molar-refractivity contribution in [2.45, 2.75) is 27.7 Å². The van der Waals surface area contributed by atoms with Gasteiger partial charge >= 0.3 is 18.9 Å². The van der Waals surface area contributed by atoms with E-state index in [4.69, 9.17) is 25.8 Å². The topological polar surface area (TPSA) is 44.8 Å². The Balaban J connectivity index is 0.00000364. The largest absolute Gasteiger partial charge is 1.00 e. The molecule has 0 saturated carbocycles. The molecule has 0 saturated heterocycles. The van der Waals surface area contributed by atoms with Gasteiger partial charge in [0.2, 0.25) is 0 Å². The van der Waals surface area contributed by atoms with Crippen molar-refractivity contribution in [1.29, 1.82) is 0 Å². The average molecular weight is 403 g/mol. The van der Waals surface area contributed by atoms with E-state index >= 15 is 0 Å². The predicted molar refractivity (Wildman–Crippen MR) is 110 cm³/mol. The second-order valence-corrected chi connectivity index (χ2v) is 7.09. The van der Waals surface area contributed by atoms with Crippen LogP contribution in [-0.4, -0.2) is 25.3 Å². The van der Waals surface area contributed by atoms with Crippen molar-refractivity contribution in [3.8, 4) is 17.2 Å². The third kappa shape index (κ3) is 6.16. The maximum Gasteiger partial charge on any atom is 1.00 e. The van der Waals surface area contributed by atoms with Gasteiger partial charge in [-0.1, -0.05) is 23.7 Å². The Hall–Kier alpha value is -1.17. The molecule has 0 spiro atoms. The Labute approximate surface area is 181 Å². The average Bonchev–Trinajstić information content (AvgIpc) is 2.58. The number of hydrogen-bond donors (Lipinski definition) is 0. The molecule has 0 aliphatic carbocycles. The summed E-state index contributed by atoms with van der Waals surface area (Å²) in [5, 5.41) is 1.20. The number of rotatable bonds is 9. The Morgan fingerprint density at radius 1 is 1.04 bits per heavy atom. The number of ether oxygens (including phenoxy) is 3. The van der Waals surface area contributed by atoms with Crippen molar-refractivity contribution in [2.75, 3.05) is 19.8 Å². The number of carbonyl (C=O) groups excluding carboxylic acids is 1. The molecule has 0 N–H and O–H groups in total. The van der Waals surface area contributed by atoms with Crippen LogP contribution in [0.4, 0.5) is 0 Å². The number of benzene rings is 2. The molecule has 0 aliphatic heterocycles. The second-order valence-electron chi connectivity index (χ2n) is 5.48. The van der Waals surface area contributed by atoms with Crippen molar-refractivity contribution >= 4 is 31.0 Å². The molecule has 0 radical (unpaired) electrons. The van der Waals surface area contributed by atoms with Crippen LogP contribution in [0.5, 0.6) is 17.2 Å². The van der Waals surface area contributed by atoms with E-state index in [0.717, 1.165) is 10.9 Å². The quantitative estimate of drug-likeness (QED) is 0.476. The molecule has 0 bridgehead atoms. The summed E-state index contributed by atoms with van der Waals surface area (Å²) in [5.41, 5.74) is 1.36. The second kappa shape index (κ2) is 11.6. The standard InChI is InChI=1S/C20H24ClO4P.Li.H/c1-5-23-14-11-16(24-6-2)19(17(12-14)25-7-3)26-20(22)18-13(4)9-8-10-15(18)21;;/h8-12,26H,5-7H2,1-4H3;;/q;+1;-1. The van der Waals surface area contributed by atoms with Gasteiger partial charge in [0.25, 0.3) is 0 Å². The number of halogens is 1. The molecule has 2 aromatic rings. The van der Waals surface area contributed by atoms with Gasteiger partial charge in [0.1, 0.15) is 17.2 Å². The van der Waals surface area contributed by atoms with Crippen LogP contribution in [-0.2, 0) is 0 Å². The molecule has 2 rings (SSSR count). The molecule has 0 heterocycles. The predicted octanol–water partition coefficient (Wildman–Crippen LogP) is 2.11. The maximum atomic E-state index is 13.0. The zero-order valence-electron chi connectivity index (χ0n) is 17.5. The van der Waals surface area contributed by atoms with Gasteiger partial charge in [-0.2, -0.15) is 0 Å². The molecule has 27 heavy (non-hydrogen) atoms. The van der Waals surface area contributed by atoms with Crippen molar-refractivity contribution < 1.29 is 39.3 Å². The SMILES string of the molecule is CCOc1cc(OCC)c(PC(=O)c2c(C)cccc2Cl)c(OCC)c1.[H-].[Li+]. The van der Waals surface area contributed by atoms with E-state index in [2.05, 4.69) is 0 Å².